The van der Waals surface area contributed by atoms with Gasteiger partial charge in [-0.25, -0.2) is 4.79 Å². The number of aliphatic carboxylic acids is 1. The predicted molar refractivity (Wildman–Crippen MR) is 103 cm³/mol. The Morgan fingerprint density at radius 1 is 1.18 bits per heavy atom. The van der Waals surface area contributed by atoms with Crippen LogP contribution in [0.25, 0.3) is 0 Å². The van der Waals surface area contributed by atoms with E-state index in [-0.39, 0.29) is 31.3 Å². The van der Waals surface area contributed by atoms with Crippen LogP contribution < -0.4 is 16.4 Å². The first-order valence-electron chi connectivity index (χ1n) is 8.84. The van der Waals surface area contributed by atoms with Crippen LogP contribution in [-0.4, -0.2) is 76.8 Å². The van der Waals surface area contributed by atoms with Gasteiger partial charge in [0.25, 0.3) is 11.8 Å². The van der Waals surface area contributed by atoms with Crippen molar-refractivity contribution >= 4 is 41.4 Å². The smallest absolute Gasteiger partial charge is 0.326 e. The molecule has 0 aliphatic carbocycles. The van der Waals surface area contributed by atoms with Gasteiger partial charge in [0, 0.05) is 18.7 Å². The van der Waals surface area contributed by atoms with Gasteiger partial charge >= 0.3 is 5.97 Å². The molecule has 0 aromatic carbocycles. The minimum Gasteiger partial charge on any atom is -0.480 e. The highest BCUT2D eigenvalue weighted by Gasteiger charge is 2.24. The first-order valence-corrected chi connectivity index (χ1v) is 10.2. The topological polar surface area (TPSA) is 159 Å². The summed E-state index contributed by atoms with van der Waals surface area (Å²) in [5.41, 5.74) is 5.68. The maximum atomic E-state index is 11.9. The van der Waals surface area contributed by atoms with Gasteiger partial charge in [-0.05, 0) is 37.7 Å². The Balaban J connectivity index is 2.32. The standard InChI is InChI=1S/C17H26N4O6S/c1-28-9-7-11(18)16(25)19-10-13(22)20-12(17(26)27)4-2-3-8-21-14(23)5-6-15(21)24/h5-6,11-12H,2-4,7-10,18H2,1H3,(H,19,25)(H,20,22)(H,26,27)/t11-,12-/m0/s1. The van der Waals surface area contributed by atoms with Gasteiger partial charge in [0.05, 0.1) is 12.6 Å². The molecule has 4 amide bonds. The van der Waals surface area contributed by atoms with Crippen LogP contribution in [0, 0.1) is 0 Å². The molecule has 0 bridgehead atoms. The molecule has 0 fully saturated rings. The maximum absolute atomic E-state index is 11.9. The number of nitrogens with zero attached hydrogens (tertiary/aromatic N) is 1. The van der Waals surface area contributed by atoms with Gasteiger partial charge in [-0.2, -0.15) is 11.8 Å². The van der Waals surface area contributed by atoms with Gasteiger partial charge in [0.15, 0.2) is 0 Å². The zero-order valence-corrected chi connectivity index (χ0v) is 16.5. The number of carboxylic acid groups (broad SMARTS) is 1. The third kappa shape index (κ3) is 8.09. The number of amides is 4. The average Bonchev–Trinajstić information content (AvgIpc) is 2.97. The van der Waals surface area contributed by atoms with Gasteiger partial charge in [-0.1, -0.05) is 0 Å². The lowest BCUT2D eigenvalue weighted by atomic mass is 10.1. The molecule has 5 N–H and O–H groups in total. The largest absolute Gasteiger partial charge is 0.480 e. The van der Waals surface area contributed by atoms with Gasteiger partial charge in [-0.15, -0.1) is 0 Å². The van der Waals surface area contributed by atoms with Crippen molar-refractivity contribution < 1.29 is 29.1 Å². The molecule has 2 atom stereocenters. The number of carbonyl (C=O) groups excluding carboxylic acids is 4. The predicted octanol–water partition coefficient (Wildman–Crippen LogP) is -1.15. The van der Waals surface area contributed by atoms with E-state index in [2.05, 4.69) is 10.6 Å². The summed E-state index contributed by atoms with van der Waals surface area (Å²) >= 11 is 1.55. The fourth-order valence-electron chi connectivity index (χ4n) is 2.45. The molecule has 0 saturated heterocycles. The first-order chi connectivity index (χ1) is 13.3. The average molecular weight is 414 g/mol. The summed E-state index contributed by atoms with van der Waals surface area (Å²) in [5.74, 6) is -2.37. The molecule has 0 aromatic heterocycles. The third-order valence-corrected chi connectivity index (χ3v) is 4.70. The Morgan fingerprint density at radius 2 is 1.82 bits per heavy atom. The van der Waals surface area contributed by atoms with E-state index in [1.165, 1.54) is 12.2 Å². The highest BCUT2D eigenvalue weighted by molar-refractivity contribution is 7.98. The second-order valence-corrected chi connectivity index (χ2v) is 7.21. The van der Waals surface area contributed by atoms with Crippen LogP contribution in [0.5, 0.6) is 0 Å². The van der Waals surface area contributed by atoms with Crippen LogP contribution >= 0.6 is 11.8 Å². The fraction of sp³-hybridized carbons (Fsp3) is 0.588. The summed E-state index contributed by atoms with van der Waals surface area (Å²) < 4.78 is 0. The molecule has 1 aliphatic heterocycles. The normalized spacial score (nSPS) is 15.4. The number of rotatable bonds is 13. The van der Waals surface area contributed by atoms with E-state index in [1.54, 1.807) is 11.8 Å². The number of hydrogen-bond donors (Lipinski definition) is 4. The fourth-order valence-corrected chi connectivity index (χ4v) is 2.94. The lowest BCUT2D eigenvalue weighted by Crippen LogP contribution is -2.48. The van der Waals surface area contributed by atoms with Crippen molar-refractivity contribution in [1.29, 1.82) is 0 Å². The van der Waals surface area contributed by atoms with Crippen LogP contribution in [0.2, 0.25) is 0 Å². The molecule has 28 heavy (non-hydrogen) atoms. The summed E-state index contributed by atoms with van der Waals surface area (Å²) in [7, 11) is 0. The van der Waals surface area contributed by atoms with Crippen molar-refractivity contribution in [3.05, 3.63) is 12.2 Å². The van der Waals surface area contributed by atoms with E-state index in [0.717, 1.165) is 4.90 Å². The van der Waals surface area contributed by atoms with Crippen molar-refractivity contribution in [3.8, 4) is 0 Å². The molecule has 0 radical (unpaired) electrons. The van der Waals surface area contributed by atoms with E-state index in [9.17, 15) is 29.1 Å². The van der Waals surface area contributed by atoms with Gasteiger partial charge < -0.3 is 21.5 Å². The van der Waals surface area contributed by atoms with Crippen LogP contribution in [0.3, 0.4) is 0 Å². The van der Waals surface area contributed by atoms with E-state index >= 15 is 0 Å². The number of nitrogens with two attached hydrogens (primary N) is 1. The molecule has 0 saturated carbocycles. The monoisotopic (exact) mass is 414 g/mol. The first kappa shape index (κ1) is 23.6. The van der Waals surface area contributed by atoms with E-state index in [0.29, 0.717) is 25.0 Å². The second-order valence-electron chi connectivity index (χ2n) is 6.22. The van der Waals surface area contributed by atoms with Gasteiger partial charge in [-0.3, -0.25) is 24.1 Å². The molecule has 0 aromatic rings. The summed E-state index contributed by atoms with van der Waals surface area (Å²) in [5, 5.41) is 14.0. The van der Waals surface area contributed by atoms with Crippen LogP contribution in [0.1, 0.15) is 25.7 Å². The maximum Gasteiger partial charge on any atom is 0.326 e. The van der Waals surface area contributed by atoms with Crippen molar-refractivity contribution in [1.82, 2.24) is 15.5 Å². The lowest BCUT2D eigenvalue weighted by Gasteiger charge is -2.17. The summed E-state index contributed by atoms with van der Waals surface area (Å²) in [4.78, 5) is 58.9. The number of unbranched alkanes of at least 4 members (excludes halogenated alkanes) is 1. The highest BCUT2D eigenvalue weighted by Crippen LogP contribution is 2.08. The SMILES string of the molecule is CSCC[C@H](N)C(=O)NCC(=O)N[C@@H](CCCCN1C(=O)C=CC1=O)C(=O)O. The molecule has 0 unspecified atom stereocenters. The summed E-state index contributed by atoms with van der Waals surface area (Å²) in [6.07, 6.45) is 5.67. The van der Waals surface area contributed by atoms with Gasteiger partial charge in [0.2, 0.25) is 11.8 Å². The Hall–Kier alpha value is -2.40. The molecule has 1 heterocycles. The van der Waals surface area contributed by atoms with Crippen molar-refractivity contribution in [2.24, 2.45) is 5.73 Å². The second kappa shape index (κ2) is 12.1. The molecule has 1 aliphatic rings. The van der Waals surface area contributed by atoms with E-state index in [4.69, 9.17) is 5.73 Å². The number of carboxylic acids is 1. The van der Waals surface area contributed by atoms with Crippen LogP contribution in [0.15, 0.2) is 12.2 Å². The minimum absolute atomic E-state index is 0.131. The summed E-state index contributed by atoms with van der Waals surface area (Å²) in [6, 6.07) is -1.85. The molecule has 156 valence electrons. The molecule has 11 heteroatoms. The highest BCUT2D eigenvalue weighted by atomic mass is 32.2. The number of carbonyl (C=O) groups is 5. The Morgan fingerprint density at radius 3 is 2.39 bits per heavy atom. The third-order valence-electron chi connectivity index (χ3n) is 4.05. The minimum atomic E-state index is -1.20. The Bertz CT molecular complexity index is 621. The van der Waals surface area contributed by atoms with Crippen LogP contribution in [0.4, 0.5) is 0 Å². The number of hydrogen-bond acceptors (Lipinski definition) is 7. The Kier molecular flexibility index (Phi) is 10.2. The van der Waals surface area contributed by atoms with Crippen molar-refractivity contribution in [3.63, 3.8) is 0 Å². The van der Waals surface area contributed by atoms with E-state index in [1.807, 2.05) is 6.26 Å². The molecular weight excluding hydrogens is 388 g/mol. The lowest BCUT2D eigenvalue weighted by molar-refractivity contribution is -0.142. The zero-order chi connectivity index (χ0) is 21.1. The molecule has 10 nitrogen and oxygen atoms in total. The quantitative estimate of drug-likeness (QED) is 0.217. The van der Waals surface area contributed by atoms with Gasteiger partial charge in [0.1, 0.15) is 6.04 Å². The Labute approximate surface area is 167 Å². The van der Waals surface area contributed by atoms with Crippen LogP contribution in [-0.2, 0) is 24.0 Å². The molecule has 0 spiro atoms. The number of nitrogens with one attached hydrogen (secondary N) is 2. The van der Waals surface area contributed by atoms with Crippen molar-refractivity contribution in [2.45, 2.75) is 37.8 Å². The number of imide groups is 1. The summed E-state index contributed by atoms with van der Waals surface area (Å²) in [6.45, 7) is -0.174. The molecular formula is C17H26N4O6S. The molecule has 1 rings (SSSR count). The van der Waals surface area contributed by atoms with E-state index < -0.39 is 29.9 Å². The van der Waals surface area contributed by atoms with Crippen molar-refractivity contribution in [2.75, 3.05) is 25.1 Å². The zero-order valence-electron chi connectivity index (χ0n) is 15.7. The number of thioether (sulfide) groups is 1.